The minimum atomic E-state index is -3.49. The largest absolute Gasteiger partial charge is 0.328 e. The summed E-state index contributed by atoms with van der Waals surface area (Å²) in [6.45, 7) is 0. The zero-order valence-corrected chi connectivity index (χ0v) is 16.7. The molecule has 138 valence electrons. The van der Waals surface area contributed by atoms with Gasteiger partial charge in [-0.15, -0.1) is 0 Å². The molecule has 0 atom stereocenters. The van der Waals surface area contributed by atoms with Crippen molar-refractivity contribution in [2.45, 2.75) is 29.7 Å². The van der Waals surface area contributed by atoms with Crippen molar-refractivity contribution < 1.29 is 13.2 Å². The van der Waals surface area contributed by atoms with E-state index in [1.807, 2.05) is 24.3 Å². The van der Waals surface area contributed by atoms with Crippen LogP contribution < -0.4 is 15.4 Å². The van der Waals surface area contributed by atoms with Crippen molar-refractivity contribution in [2.24, 2.45) is 0 Å². The maximum Gasteiger partial charge on any atom is 0.319 e. The van der Waals surface area contributed by atoms with Crippen LogP contribution in [0.3, 0.4) is 0 Å². The predicted octanol–water partition coefficient (Wildman–Crippen LogP) is 3.56. The topological polar surface area (TPSA) is 87.3 Å². The maximum atomic E-state index is 12.4. The zero-order chi connectivity index (χ0) is 18.8. The van der Waals surface area contributed by atoms with Crippen molar-refractivity contribution in [3.63, 3.8) is 0 Å². The monoisotopic (exact) mass is 437 g/mol. The first-order valence-corrected chi connectivity index (χ1v) is 10.5. The Labute approximate surface area is 161 Å². The summed E-state index contributed by atoms with van der Waals surface area (Å²) in [6.07, 6.45) is 2.84. The first kappa shape index (κ1) is 18.9. The molecule has 3 N–H and O–H groups in total. The minimum absolute atomic E-state index is 0.149. The summed E-state index contributed by atoms with van der Waals surface area (Å²) >= 11 is 3.43. The predicted molar refractivity (Wildman–Crippen MR) is 105 cm³/mol. The van der Waals surface area contributed by atoms with Crippen LogP contribution in [0.25, 0.3) is 0 Å². The van der Waals surface area contributed by atoms with E-state index in [4.69, 9.17) is 0 Å². The lowest BCUT2D eigenvalue weighted by Gasteiger charge is -2.43. The number of hydrogen-bond acceptors (Lipinski definition) is 3. The second-order valence-corrected chi connectivity index (χ2v) is 9.06. The Morgan fingerprint density at radius 2 is 1.65 bits per heavy atom. The Balaban J connectivity index is 1.69. The summed E-state index contributed by atoms with van der Waals surface area (Å²) in [5.74, 6) is 0. The molecule has 8 heteroatoms. The number of nitrogens with one attached hydrogen (secondary N) is 3. The molecule has 0 aliphatic heterocycles. The van der Waals surface area contributed by atoms with Gasteiger partial charge in [0.25, 0.3) is 0 Å². The third kappa shape index (κ3) is 3.92. The van der Waals surface area contributed by atoms with Gasteiger partial charge in [0.1, 0.15) is 0 Å². The Kier molecular flexibility index (Phi) is 5.36. The van der Waals surface area contributed by atoms with Crippen LogP contribution in [-0.4, -0.2) is 21.5 Å². The van der Waals surface area contributed by atoms with Crippen LogP contribution in [0.2, 0.25) is 0 Å². The second-order valence-electron chi connectivity index (χ2n) is 6.25. The van der Waals surface area contributed by atoms with Gasteiger partial charge < -0.3 is 10.6 Å². The standard InChI is InChI=1S/C18H20BrN3O3S/c1-20-26(24,25)16-9-7-15(8-10-16)21-17(23)22-18(11-2-12-18)13-3-5-14(19)6-4-13/h3-10,20H,2,11-12H2,1H3,(H2,21,22,23). The van der Waals surface area contributed by atoms with Crippen LogP contribution in [0, 0.1) is 0 Å². The van der Waals surface area contributed by atoms with Crippen LogP contribution in [0.5, 0.6) is 0 Å². The molecule has 0 aromatic heterocycles. The summed E-state index contributed by atoms with van der Waals surface area (Å²) in [5, 5.41) is 5.84. The number of halogens is 1. The molecule has 6 nitrogen and oxygen atoms in total. The normalized spacial score (nSPS) is 15.8. The molecule has 0 heterocycles. The molecule has 2 aromatic rings. The van der Waals surface area contributed by atoms with Crippen LogP contribution in [0.15, 0.2) is 57.9 Å². The smallest absolute Gasteiger partial charge is 0.319 e. The first-order valence-electron chi connectivity index (χ1n) is 8.23. The van der Waals surface area contributed by atoms with E-state index in [-0.39, 0.29) is 16.5 Å². The highest BCUT2D eigenvalue weighted by Gasteiger charge is 2.40. The van der Waals surface area contributed by atoms with Crippen LogP contribution in [0.1, 0.15) is 24.8 Å². The van der Waals surface area contributed by atoms with Crippen LogP contribution in [0.4, 0.5) is 10.5 Å². The van der Waals surface area contributed by atoms with E-state index >= 15 is 0 Å². The van der Waals surface area contributed by atoms with E-state index in [1.54, 1.807) is 12.1 Å². The highest BCUT2D eigenvalue weighted by molar-refractivity contribution is 9.10. The quantitative estimate of drug-likeness (QED) is 0.667. The number of carbonyl (C=O) groups is 1. The molecule has 1 fully saturated rings. The van der Waals surface area contributed by atoms with Crippen LogP contribution in [-0.2, 0) is 15.6 Å². The van der Waals surface area contributed by atoms with E-state index in [0.717, 1.165) is 29.3 Å². The third-order valence-electron chi connectivity index (χ3n) is 4.65. The number of anilines is 1. The van der Waals surface area contributed by atoms with Gasteiger partial charge in [-0.1, -0.05) is 28.1 Å². The van der Waals surface area contributed by atoms with E-state index < -0.39 is 10.0 Å². The lowest BCUT2D eigenvalue weighted by atomic mass is 9.72. The average Bonchev–Trinajstić information content (AvgIpc) is 2.59. The van der Waals surface area contributed by atoms with E-state index in [9.17, 15) is 13.2 Å². The molecular weight excluding hydrogens is 418 g/mol. The van der Waals surface area contributed by atoms with Crippen molar-refractivity contribution in [3.05, 3.63) is 58.6 Å². The second kappa shape index (κ2) is 7.38. The highest BCUT2D eigenvalue weighted by atomic mass is 79.9. The van der Waals surface area contributed by atoms with Crippen molar-refractivity contribution in [1.82, 2.24) is 10.0 Å². The Morgan fingerprint density at radius 1 is 1.04 bits per heavy atom. The fraction of sp³-hybridized carbons (Fsp3) is 0.278. The van der Waals surface area contributed by atoms with Gasteiger partial charge in [0.15, 0.2) is 0 Å². The van der Waals surface area contributed by atoms with Gasteiger partial charge in [0.2, 0.25) is 10.0 Å². The van der Waals surface area contributed by atoms with Gasteiger partial charge in [-0.2, -0.15) is 0 Å². The Hall–Kier alpha value is -1.90. The maximum absolute atomic E-state index is 12.4. The van der Waals surface area contributed by atoms with Crippen LogP contribution >= 0.6 is 15.9 Å². The molecule has 0 bridgehead atoms. The van der Waals surface area contributed by atoms with Gasteiger partial charge in [-0.05, 0) is 68.3 Å². The molecule has 0 unspecified atom stereocenters. The van der Waals surface area contributed by atoms with E-state index in [1.165, 1.54) is 19.2 Å². The zero-order valence-electron chi connectivity index (χ0n) is 14.3. The molecule has 1 aliphatic rings. The summed E-state index contributed by atoms with van der Waals surface area (Å²) < 4.78 is 26.7. The lowest BCUT2D eigenvalue weighted by molar-refractivity contribution is 0.185. The highest BCUT2D eigenvalue weighted by Crippen LogP contribution is 2.41. The summed E-state index contributed by atoms with van der Waals surface area (Å²) in [4.78, 5) is 12.6. The van der Waals surface area contributed by atoms with Gasteiger partial charge in [-0.3, -0.25) is 0 Å². The molecule has 2 aromatic carbocycles. The SMILES string of the molecule is CNS(=O)(=O)c1ccc(NC(=O)NC2(c3ccc(Br)cc3)CCC2)cc1. The fourth-order valence-electron chi connectivity index (χ4n) is 3.00. The minimum Gasteiger partial charge on any atom is -0.328 e. The van der Waals surface area contributed by atoms with Crippen molar-refractivity contribution in [3.8, 4) is 0 Å². The lowest BCUT2D eigenvalue weighted by Crippen LogP contribution is -2.52. The van der Waals surface area contributed by atoms with E-state index in [2.05, 4.69) is 31.3 Å². The number of benzene rings is 2. The van der Waals surface area contributed by atoms with Crippen molar-refractivity contribution >= 4 is 37.7 Å². The van der Waals surface area contributed by atoms with Gasteiger partial charge in [-0.25, -0.2) is 17.9 Å². The summed E-state index contributed by atoms with van der Waals surface area (Å²) in [6, 6.07) is 13.7. The summed E-state index contributed by atoms with van der Waals surface area (Å²) in [5.41, 5.74) is 1.26. The Morgan fingerprint density at radius 3 is 2.15 bits per heavy atom. The molecular formula is C18H20BrN3O3S. The number of sulfonamides is 1. The molecule has 0 spiro atoms. The summed E-state index contributed by atoms with van der Waals surface area (Å²) in [7, 11) is -2.13. The molecule has 2 amide bonds. The number of carbonyl (C=O) groups excluding carboxylic acids is 1. The third-order valence-corrected chi connectivity index (χ3v) is 6.61. The van der Waals surface area contributed by atoms with Gasteiger partial charge in [0.05, 0.1) is 10.4 Å². The molecule has 1 saturated carbocycles. The molecule has 0 saturated heterocycles. The molecule has 1 aliphatic carbocycles. The van der Waals surface area contributed by atoms with E-state index in [0.29, 0.717) is 5.69 Å². The van der Waals surface area contributed by atoms with Gasteiger partial charge in [0, 0.05) is 10.2 Å². The fourth-order valence-corrected chi connectivity index (χ4v) is 3.99. The molecule has 0 radical (unpaired) electrons. The average molecular weight is 438 g/mol. The van der Waals surface area contributed by atoms with Crippen molar-refractivity contribution in [1.29, 1.82) is 0 Å². The molecule has 26 heavy (non-hydrogen) atoms. The number of hydrogen-bond donors (Lipinski definition) is 3. The van der Waals surface area contributed by atoms with Crippen molar-refractivity contribution in [2.75, 3.05) is 12.4 Å². The Bertz CT molecular complexity index is 892. The number of rotatable bonds is 5. The van der Waals surface area contributed by atoms with Gasteiger partial charge >= 0.3 is 6.03 Å². The number of amides is 2. The molecule has 3 rings (SSSR count). The first-order chi connectivity index (χ1) is 12.3. The number of urea groups is 1.